The van der Waals surface area contributed by atoms with Crippen LogP contribution in [0.5, 0.6) is 0 Å². The smallest absolute Gasteiger partial charge is 0.107 e. The van der Waals surface area contributed by atoms with Gasteiger partial charge in [0.2, 0.25) is 0 Å². The first-order valence-electron chi connectivity index (χ1n) is 5.19. The molecular formula is C10H16N6. The molecular weight excluding hydrogens is 204 g/mol. The summed E-state index contributed by atoms with van der Waals surface area (Å²) in [5, 5.41) is 12.5. The Morgan fingerprint density at radius 2 is 2.06 bits per heavy atom. The molecule has 0 bridgehead atoms. The van der Waals surface area contributed by atoms with Crippen LogP contribution in [-0.2, 0) is 7.05 Å². The Hall–Kier alpha value is -1.69. The Morgan fingerprint density at radius 3 is 2.50 bits per heavy atom. The maximum Gasteiger partial charge on any atom is 0.107 e. The number of nitrogens with zero attached hydrogens (tertiary/aromatic N) is 5. The molecule has 0 aliphatic heterocycles. The van der Waals surface area contributed by atoms with Gasteiger partial charge in [0.1, 0.15) is 11.4 Å². The SMILES string of the molecule is Cc1nn(C)cc1-n1nnc(C(C)N)c1C. The molecule has 1 unspecified atom stereocenters. The summed E-state index contributed by atoms with van der Waals surface area (Å²) < 4.78 is 3.54. The zero-order valence-electron chi connectivity index (χ0n) is 9.97. The van der Waals surface area contributed by atoms with Crippen molar-refractivity contribution >= 4 is 0 Å². The molecule has 86 valence electrons. The van der Waals surface area contributed by atoms with E-state index in [1.54, 1.807) is 9.36 Å². The van der Waals surface area contributed by atoms with Crippen LogP contribution >= 0.6 is 0 Å². The highest BCUT2D eigenvalue weighted by Gasteiger charge is 2.15. The van der Waals surface area contributed by atoms with Gasteiger partial charge in [-0.2, -0.15) is 5.10 Å². The average Bonchev–Trinajstić information content (AvgIpc) is 2.69. The zero-order valence-corrected chi connectivity index (χ0v) is 9.97. The Kier molecular flexibility index (Phi) is 2.51. The van der Waals surface area contributed by atoms with Crippen LogP contribution in [0, 0.1) is 13.8 Å². The van der Waals surface area contributed by atoms with Gasteiger partial charge in [0.15, 0.2) is 0 Å². The van der Waals surface area contributed by atoms with Crippen molar-refractivity contribution < 1.29 is 0 Å². The standard InChI is InChI=1S/C10H16N6/c1-6(11)10-8(3)16(14-12-10)9-5-15(4)13-7(9)2/h5-6H,11H2,1-4H3. The molecule has 1 atom stereocenters. The maximum atomic E-state index is 5.81. The molecule has 16 heavy (non-hydrogen) atoms. The third-order valence-corrected chi connectivity index (χ3v) is 2.58. The van der Waals surface area contributed by atoms with Crippen molar-refractivity contribution in [3.8, 4) is 5.69 Å². The number of hydrogen-bond donors (Lipinski definition) is 1. The molecule has 2 heterocycles. The van der Waals surface area contributed by atoms with Gasteiger partial charge >= 0.3 is 0 Å². The van der Waals surface area contributed by atoms with E-state index in [1.165, 1.54) is 0 Å². The van der Waals surface area contributed by atoms with Crippen molar-refractivity contribution in [2.45, 2.75) is 26.8 Å². The van der Waals surface area contributed by atoms with E-state index in [2.05, 4.69) is 15.4 Å². The molecule has 0 fully saturated rings. The second-order valence-electron chi connectivity index (χ2n) is 4.03. The highest BCUT2D eigenvalue weighted by molar-refractivity contribution is 5.35. The molecule has 0 aliphatic rings. The summed E-state index contributed by atoms with van der Waals surface area (Å²) in [6, 6.07) is -0.106. The second-order valence-corrected chi connectivity index (χ2v) is 4.03. The van der Waals surface area contributed by atoms with E-state index >= 15 is 0 Å². The molecule has 0 amide bonds. The second kappa shape index (κ2) is 3.71. The number of hydrogen-bond acceptors (Lipinski definition) is 4. The van der Waals surface area contributed by atoms with Crippen LogP contribution in [0.15, 0.2) is 6.20 Å². The molecule has 6 nitrogen and oxygen atoms in total. The normalized spacial score (nSPS) is 13.1. The Balaban J connectivity index is 2.53. The predicted molar refractivity (Wildman–Crippen MR) is 60.2 cm³/mol. The Morgan fingerprint density at radius 1 is 1.38 bits per heavy atom. The van der Waals surface area contributed by atoms with Crippen LogP contribution in [-0.4, -0.2) is 24.8 Å². The molecule has 0 aromatic carbocycles. The van der Waals surface area contributed by atoms with Gasteiger partial charge in [0, 0.05) is 13.1 Å². The van der Waals surface area contributed by atoms with Crippen LogP contribution in [0.2, 0.25) is 0 Å². The molecule has 6 heteroatoms. The minimum absolute atomic E-state index is 0.106. The Bertz CT molecular complexity index is 507. The third-order valence-electron chi connectivity index (χ3n) is 2.58. The predicted octanol–water partition coefficient (Wildman–Crippen LogP) is 0.637. The van der Waals surface area contributed by atoms with Crippen molar-refractivity contribution in [3.05, 3.63) is 23.3 Å². The molecule has 0 saturated heterocycles. The van der Waals surface area contributed by atoms with Gasteiger partial charge in [-0.15, -0.1) is 5.10 Å². The topological polar surface area (TPSA) is 74.5 Å². The number of aromatic nitrogens is 5. The van der Waals surface area contributed by atoms with Crippen LogP contribution in [0.4, 0.5) is 0 Å². The molecule has 0 spiro atoms. The fraction of sp³-hybridized carbons (Fsp3) is 0.500. The zero-order chi connectivity index (χ0) is 11.9. The lowest BCUT2D eigenvalue weighted by molar-refractivity contribution is 0.752. The minimum Gasteiger partial charge on any atom is -0.323 e. The summed E-state index contributed by atoms with van der Waals surface area (Å²) in [7, 11) is 1.88. The molecule has 0 aliphatic carbocycles. The highest BCUT2D eigenvalue weighted by Crippen LogP contribution is 2.17. The molecule has 2 rings (SSSR count). The lowest BCUT2D eigenvalue weighted by atomic mass is 10.2. The van der Waals surface area contributed by atoms with Crippen LogP contribution < -0.4 is 5.73 Å². The largest absolute Gasteiger partial charge is 0.323 e. The minimum atomic E-state index is -0.106. The van der Waals surface area contributed by atoms with E-state index in [9.17, 15) is 0 Å². The van der Waals surface area contributed by atoms with Gasteiger partial charge in [0.05, 0.1) is 17.6 Å². The first kappa shape index (κ1) is 10.8. The molecule has 2 aromatic heterocycles. The summed E-state index contributed by atoms with van der Waals surface area (Å²) in [4.78, 5) is 0. The average molecular weight is 220 g/mol. The number of rotatable bonds is 2. The van der Waals surface area contributed by atoms with Crippen molar-refractivity contribution in [2.24, 2.45) is 12.8 Å². The van der Waals surface area contributed by atoms with Gasteiger partial charge in [-0.3, -0.25) is 4.68 Å². The first-order chi connectivity index (χ1) is 7.50. The summed E-state index contributed by atoms with van der Waals surface area (Å²) in [5.74, 6) is 0. The van der Waals surface area contributed by atoms with Gasteiger partial charge in [-0.1, -0.05) is 5.21 Å². The van der Waals surface area contributed by atoms with Crippen molar-refractivity contribution in [1.82, 2.24) is 24.8 Å². The Labute approximate surface area is 94.1 Å². The van der Waals surface area contributed by atoms with E-state index < -0.39 is 0 Å². The molecule has 2 N–H and O–H groups in total. The molecule has 2 aromatic rings. The summed E-state index contributed by atoms with van der Waals surface area (Å²) >= 11 is 0. The van der Waals surface area contributed by atoms with Crippen LogP contribution in [0.3, 0.4) is 0 Å². The number of nitrogens with two attached hydrogens (primary N) is 1. The van der Waals surface area contributed by atoms with E-state index in [0.717, 1.165) is 22.8 Å². The third kappa shape index (κ3) is 1.61. The van der Waals surface area contributed by atoms with Gasteiger partial charge < -0.3 is 5.73 Å². The number of aryl methyl sites for hydroxylation is 2. The van der Waals surface area contributed by atoms with Crippen LogP contribution in [0.25, 0.3) is 5.69 Å². The monoisotopic (exact) mass is 220 g/mol. The van der Waals surface area contributed by atoms with Gasteiger partial charge in [-0.05, 0) is 20.8 Å². The van der Waals surface area contributed by atoms with Crippen LogP contribution in [0.1, 0.15) is 30.0 Å². The van der Waals surface area contributed by atoms with Gasteiger partial charge in [0.25, 0.3) is 0 Å². The lowest BCUT2D eigenvalue weighted by Crippen LogP contribution is -2.08. The summed E-state index contributed by atoms with van der Waals surface area (Å²) in [5.41, 5.74) is 9.47. The van der Waals surface area contributed by atoms with Crippen molar-refractivity contribution in [3.63, 3.8) is 0 Å². The fourth-order valence-corrected chi connectivity index (χ4v) is 1.79. The summed E-state index contributed by atoms with van der Waals surface area (Å²) in [6.07, 6.45) is 1.92. The van der Waals surface area contributed by atoms with Crippen molar-refractivity contribution in [1.29, 1.82) is 0 Å². The van der Waals surface area contributed by atoms with Crippen molar-refractivity contribution in [2.75, 3.05) is 0 Å². The summed E-state index contributed by atoms with van der Waals surface area (Å²) in [6.45, 7) is 5.81. The first-order valence-corrected chi connectivity index (χ1v) is 5.19. The quantitative estimate of drug-likeness (QED) is 0.805. The lowest BCUT2D eigenvalue weighted by Gasteiger charge is -2.03. The molecule has 0 saturated carbocycles. The van der Waals surface area contributed by atoms with E-state index in [1.807, 2.05) is 34.0 Å². The highest BCUT2D eigenvalue weighted by atomic mass is 15.4. The molecule has 0 radical (unpaired) electrons. The fourth-order valence-electron chi connectivity index (χ4n) is 1.79. The van der Waals surface area contributed by atoms with E-state index in [4.69, 9.17) is 5.73 Å². The van der Waals surface area contributed by atoms with E-state index in [0.29, 0.717) is 0 Å². The maximum absolute atomic E-state index is 5.81. The van der Waals surface area contributed by atoms with E-state index in [-0.39, 0.29) is 6.04 Å². The van der Waals surface area contributed by atoms with Gasteiger partial charge in [-0.25, -0.2) is 4.68 Å².